The zero-order valence-electron chi connectivity index (χ0n) is 20.5. The number of rotatable bonds is 9. The van der Waals surface area contributed by atoms with Gasteiger partial charge in [-0.1, -0.05) is 72.8 Å². The Hall–Kier alpha value is -3.11. The van der Waals surface area contributed by atoms with Crippen molar-refractivity contribution >= 4 is 11.6 Å². The molecule has 1 saturated heterocycles. The van der Waals surface area contributed by atoms with Gasteiger partial charge in [-0.25, -0.2) is 0 Å². The number of piperidine rings is 1. The van der Waals surface area contributed by atoms with Crippen molar-refractivity contribution in [1.82, 2.24) is 10.2 Å². The minimum Gasteiger partial charge on any atom is -0.378 e. The predicted molar refractivity (Wildman–Crippen MR) is 141 cm³/mol. The van der Waals surface area contributed by atoms with E-state index in [9.17, 15) is 4.79 Å². The molecule has 0 aliphatic carbocycles. The largest absolute Gasteiger partial charge is 0.378 e. The van der Waals surface area contributed by atoms with Crippen molar-refractivity contribution in [3.63, 3.8) is 0 Å². The van der Waals surface area contributed by atoms with E-state index in [-0.39, 0.29) is 11.8 Å². The summed E-state index contributed by atoms with van der Waals surface area (Å²) in [6, 6.07) is 30.0. The number of anilines is 1. The topological polar surface area (TPSA) is 35.6 Å². The summed E-state index contributed by atoms with van der Waals surface area (Å²) in [6.45, 7) is 3.64. The second kappa shape index (κ2) is 11.8. The summed E-state index contributed by atoms with van der Waals surface area (Å²) in [5.74, 6) is 0.724. The van der Waals surface area contributed by atoms with Gasteiger partial charge >= 0.3 is 0 Å². The molecule has 0 atom stereocenters. The van der Waals surface area contributed by atoms with Crippen LogP contribution in [-0.4, -0.2) is 44.5 Å². The summed E-state index contributed by atoms with van der Waals surface area (Å²) >= 11 is 0. The number of nitrogens with one attached hydrogen (secondary N) is 1. The van der Waals surface area contributed by atoms with Crippen LogP contribution in [0, 0.1) is 5.92 Å². The molecule has 1 N–H and O–H groups in total. The molecule has 0 saturated carbocycles. The van der Waals surface area contributed by atoms with E-state index >= 15 is 0 Å². The van der Waals surface area contributed by atoms with Crippen molar-refractivity contribution in [2.45, 2.75) is 31.7 Å². The number of hydrogen-bond donors (Lipinski definition) is 1. The van der Waals surface area contributed by atoms with Crippen LogP contribution in [-0.2, 0) is 11.3 Å². The van der Waals surface area contributed by atoms with Crippen molar-refractivity contribution in [2.24, 2.45) is 5.92 Å². The molecule has 1 aliphatic rings. The van der Waals surface area contributed by atoms with Crippen molar-refractivity contribution < 1.29 is 4.79 Å². The van der Waals surface area contributed by atoms with Gasteiger partial charge in [0.1, 0.15) is 0 Å². The maximum Gasteiger partial charge on any atom is 0.223 e. The van der Waals surface area contributed by atoms with Crippen LogP contribution in [0.4, 0.5) is 5.69 Å². The molecule has 1 fully saturated rings. The lowest BCUT2D eigenvalue weighted by Gasteiger charge is -2.32. The molecule has 0 spiro atoms. The van der Waals surface area contributed by atoms with Gasteiger partial charge in [0.25, 0.3) is 0 Å². The first kappa shape index (κ1) is 24.0. The Morgan fingerprint density at radius 3 is 1.97 bits per heavy atom. The Labute approximate surface area is 204 Å². The van der Waals surface area contributed by atoms with Crippen molar-refractivity contribution in [1.29, 1.82) is 0 Å². The van der Waals surface area contributed by atoms with Crippen LogP contribution in [0.1, 0.15) is 41.9 Å². The van der Waals surface area contributed by atoms with Gasteiger partial charge < -0.3 is 15.1 Å². The molecule has 0 aromatic heterocycles. The number of carbonyl (C=O) groups is 1. The molecule has 0 radical (unpaired) electrons. The molecule has 3 aromatic rings. The van der Waals surface area contributed by atoms with Crippen LogP contribution in [0.25, 0.3) is 0 Å². The summed E-state index contributed by atoms with van der Waals surface area (Å²) in [6.07, 6.45) is 2.97. The van der Waals surface area contributed by atoms with Gasteiger partial charge in [-0.2, -0.15) is 0 Å². The maximum atomic E-state index is 12.8. The molecular formula is C30H37N3O. The molecule has 1 amide bonds. The average molecular weight is 456 g/mol. The van der Waals surface area contributed by atoms with Gasteiger partial charge in [0.15, 0.2) is 0 Å². The first-order chi connectivity index (χ1) is 16.6. The Balaban J connectivity index is 1.25. The van der Waals surface area contributed by atoms with Gasteiger partial charge in [-0.15, -0.1) is 0 Å². The van der Waals surface area contributed by atoms with Crippen LogP contribution in [0.5, 0.6) is 0 Å². The summed E-state index contributed by atoms with van der Waals surface area (Å²) in [5, 5.41) is 3.15. The lowest BCUT2D eigenvalue weighted by Crippen LogP contribution is -2.40. The number of likely N-dealkylation sites (tertiary alicyclic amines) is 1. The van der Waals surface area contributed by atoms with Crippen LogP contribution >= 0.6 is 0 Å². The lowest BCUT2D eigenvalue weighted by atomic mass is 9.88. The van der Waals surface area contributed by atoms with E-state index < -0.39 is 0 Å². The molecule has 34 heavy (non-hydrogen) atoms. The minimum absolute atomic E-state index is 0.122. The third-order valence-corrected chi connectivity index (χ3v) is 7.02. The maximum absolute atomic E-state index is 12.8. The summed E-state index contributed by atoms with van der Waals surface area (Å²) in [4.78, 5) is 17.4. The van der Waals surface area contributed by atoms with Crippen molar-refractivity contribution in [3.05, 3.63) is 102 Å². The quantitative estimate of drug-likeness (QED) is 0.475. The zero-order chi connectivity index (χ0) is 23.8. The predicted octanol–water partition coefficient (Wildman–Crippen LogP) is 5.30. The van der Waals surface area contributed by atoms with E-state index in [1.54, 1.807) is 0 Å². The fourth-order valence-corrected chi connectivity index (χ4v) is 4.87. The van der Waals surface area contributed by atoms with E-state index in [4.69, 9.17) is 0 Å². The molecule has 0 bridgehead atoms. The Bertz CT molecular complexity index is 970. The van der Waals surface area contributed by atoms with Crippen LogP contribution in [0.2, 0.25) is 0 Å². The zero-order valence-corrected chi connectivity index (χ0v) is 20.5. The Morgan fingerprint density at radius 2 is 1.44 bits per heavy atom. The third kappa shape index (κ3) is 6.48. The molecule has 0 unspecified atom stereocenters. The van der Waals surface area contributed by atoms with E-state index in [1.807, 2.05) is 14.1 Å². The van der Waals surface area contributed by atoms with Crippen molar-refractivity contribution in [3.8, 4) is 0 Å². The van der Waals surface area contributed by atoms with Gasteiger partial charge in [0.05, 0.1) is 0 Å². The third-order valence-electron chi connectivity index (χ3n) is 7.02. The highest BCUT2D eigenvalue weighted by atomic mass is 16.1. The highest BCUT2D eigenvalue weighted by Gasteiger charge is 2.25. The first-order valence-corrected chi connectivity index (χ1v) is 12.5. The van der Waals surface area contributed by atoms with E-state index in [1.165, 1.54) is 16.8 Å². The van der Waals surface area contributed by atoms with E-state index in [2.05, 4.69) is 100 Å². The number of amides is 1. The molecule has 3 aromatic carbocycles. The summed E-state index contributed by atoms with van der Waals surface area (Å²) < 4.78 is 0. The van der Waals surface area contributed by atoms with Crippen molar-refractivity contribution in [2.75, 3.05) is 38.6 Å². The molecule has 4 rings (SSSR count). The minimum atomic E-state index is 0.122. The number of nitrogens with zero attached hydrogens (tertiary/aromatic N) is 2. The smallest absolute Gasteiger partial charge is 0.223 e. The lowest BCUT2D eigenvalue weighted by molar-refractivity contribution is -0.126. The monoisotopic (exact) mass is 455 g/mol. The second-order valence-electron chi connectivity index (χ2n) is 9.56. The highest BCUT2D eigenvalue weighted by molar-refractivity contribution is 5.78. The number of benzene rings is 3. The van der Waals surface area contributed by atoms with Crippen LogP contribution < -0.4 is 10.2 Å². The first-order valence-electron chi connectivity index (χ1n) is 12.5. The Morgan fingerprint density at radius 1 is 0.882 bits per heavy atom. The van der Waals surface area contributed by atoms with Gasteiger partial charge in [0.2, 0.25) is 5.91 Å². The standard InChI is InChI=1S/C30H37N3O/c1-32(2)28-15-13-24(14-16-28)23-31-30(34)27-17-20-33(21-18-27)22-19-29(25-9-5-3-6-10-25)26-11-7-4-8-12-26/h3-16,27,29H,17-23H2,1-2H3,(H,31,34). The van der Waals surface area contributed by atoms with E-state index in [0.29, 0.717) is 12.5 Å². The van der Waals surface area contributed by atoms with Gasteiger partial charge in [0, 0.05) is 38.2 Å². The van der Waals surface area contributed by atoms with E-state index in [0.717, 1.165) is 44.5 Å². The summed E-state index contributed by atoms with van der Waals surface area (Å²) in [5.41, 5.74) is 5.07. The molecule has 4 heteroatoms. The van der Waals surface area contributed by atoms with Gasteiger partial charge in [-0.3, -0.25) is 4.79 Å². The number of carbonyl (C=O) groups excluding carboxylic acids is 1. The molecule has 1 heterocycles. The summed E-state index contributed by atoms with van der Waals surface area (Å²) in [7, 11) is 4.07. The fraction of sp³-hybridized carbons (Fsp3) is 0.367. The highest BCUT2D eigenvalue weighted by Crippen LogP contribution is 2.29. The molecule has 1 aliphatic heterocycles. The van der Waals surface area contributed by atoms with Crippen LogP contribution in [0.15, 0.2) is 84.9 Å². The molecular weight excluding hydrogens is 418 g/mol. The fourth-order valence-electron chi connectivity index (χ4n) is 4.87. The molecule has 178 valence electrons. The van der Waals surface area contributed by atoms with Gasteiger partial charge in [-0.05, 0) is 67.7 Å². The second-order valence-corrected chi connectivity index (χ2v) is 9.56. The SMILES string of the molecule is CN(C)c1ccc(CNC(=O)C2CCN(CCC(c3ccccc3)c3ccccc3)CC2)cc1. The Kier molecular flexibility index (Phi) is 8.37. The number of hydrogen-bond acceptors (Lipinski definition) is 3. The normalized spacial score (nSPS) is 14.8. The average Bonchev–Trinajstić information content (AvgIpc) is 2.89. The van der Waals surface area contributed by atoms with Crippen LogP contribution in [0.3, 0.4) is 0 Å². The molecule has 4 nitrogen and oxygen atoms in total.